The lowest BCUT2D eigenvalue weighted by molar-refractivity contribution is 0.410. The molecule has 1 unspecified atom stereocenters. The van der Waals surface area contributed by atoms with Crippen molar-refractivity contribution in [2.45, 2.75) is 0 Å². The van der Waals surface area contributed by atoms with Crippen molar-refractivity contribution >= 4 is 35.7 Å². The highest BCUT2D eigenvalue weighted by atomic mass is 35.5. The second-order valence-electron chi connectivity index (χ2n) is 3.49. The van der Waals surface area contributed by atoms with Crippen LogP contribution in [0.2, 0.25) is 5.15 Å². The predicted octanol–water partition coefficient (Wildman–Crippen LogP) is 1.59. The first-order valence-electron chi connectivity index (χ1n) is 5.08. The van der Waals surface area contributed by atoms with Crippen molar-refractivity contribution in [3.63, 3.8) is 0 Å². The highest BCUT2D eigenvalue weighted by Gasteiger charge is 2.31. The molecule has 1 heterocycles. The second kappa shape index (κ2) is 5.06. The number of nitrogens with zero attached hydrogens (tertiary/aromatic N) is 2. The van der Waals surface area contributed by atoms with Crippen LogP contribution in [0, 0.1) is 0 Å². The zero-order valence-electron chi connectivity index (χ0n) is 9.58. The molecule has 1 aromatic heterocycles. The van der Waals surface area contributed by atoms with E-state index in [-0.39, 0.29) is 16.5 Å². The van der Waals surface area contributed by atoms with Gasteiger partial charge >= 0.3 is 0 Å². The van der Waals surface area contributed by atoms with Gasteiger partial charge in [0.05, 0.1) is 0 Å². The van der Waals surface area contributed by atoms with Crippen LogP contribution in [0.15, 0.2) is 36.4 Å². The third-order valence-electron chi connectivity index (χ3n) is 2.32. The quantitative estimate of drug-likeness (QED) is 0.683. The summed E-state index contributed by atoms with van der Waals surface area (Å²) < 4.78 is 18.0. The molecule has 0 bridgehead atoms. The van der Waals surface area contributed by atoms with Crippen LogP contribution >= 0.6 is 19.0 Å². The van der Waals surface area contributed by atoms with Crippen LogP contribution in [0.25, 0.3) is 0 Å². The van der Waals surface area contributed by atoms with E-state index in [1.165, 1.54) is 13.2 Å². The SMILES string of the molecule is COP(=O)(c1ccccc1)c1nc(N)cc(Cl)n1. The molecule has 0 spiro atoms. The number of anilines is 1. The first kappa shape index (κ1) is 13.0. The zero-order valence-corrected chi connectivity index (χ0v) is 11.2. The highest BCUT2D eigenvalue weighted by Crippen LogP contribution is 2.42. The monoisotopic (exact) mass is 283 g/mol. The topological polar surface area (TPSA) is 78.1 Å². The Kier molecular flexibility index (Phi) is 3.66. The van der Waals surface area contributed by atoms with Gasteiger partial charge in [0, 0.05) is 18.5 Å². The van der Waals surface area contributed by atoms with E-state index >= 15 is 0 Å². The first-order chi connectivity index (χ1) is 8.56. The first-order valence-corrected chi connectivity index (χ1v) is 7.08. The van der Waals surface area contributed by atoms with Gasteiger partial charge in [-0.05, 0) is 12.1 Å². The number of hydrogen-bond donors (Lipinski definition) is 1. The van der Waals surface area contributed by atoms with Gasteiger partial charge in [-0.15, -0.1) is 0 Å². The number of nitrogens with two attached hydrogens (primary N) is 1. The summed E-state index contributed by atoms with van der Waals surface area (Å²) in [5, 5.41) is 0.625. The van der Waals surface area contributed by atoms with Crippen LogP contribution in [-0.2, 0) is 9.09 Å². The summed E-state index contributed by atoms with van der Waals surface area (Å²) in [5.41, 5.74) is 5.58. The molecule has 7 heteroatoms. The van der Waals surface area contributed by atoms with Gasteiger partial charge in [-0.1, -0.05) is 29.8 Å². The molecule has 94 valence electrons. The fraction of sp³-hybridized carbons (Fsp3) is 0.0909. The molecule has 0 saturated carbocycles. The summed E-state index contributed by atoms with van der Waals surface area (Å²) in [4.78, 5) is 7.89. The average molecular weight is 284 g/mol. The van der Waals surface area contributed by atoms with Crippen LogP contribution in [0.3, 0.4) is 0 Å². The summed E-state index contributed by atoms with van der Waals surface area (Å²) in [7, 11) is -2.00. The summed E-state index contributed by atoms with van der Waals surface area (Å²) >= 11 is 5.79. The van der Waals surface area contributed by atoms with Gasteiger partial charge in [0.25, 0.3) is 7.37 Å². The van der Waals surface area contributed by atoms with Gasteiger partial charge in [-0.2, -0.15) is 0 Å². The molecule has 0 aliphatic heterocycles. The summed E-state index contributed by atoms with van der Waals surface area (Å²) in [6.07, 6.45) is 0. The Morgan fingerprint density at radius 1 is 1.28 bits per heavy atom. The van der Waals surface area contributed by atoms with E-state index in [0.29, 0.717) is 5.30 Å². The van der Waals surface area contributed by atoms with Crippen LogP contribution in [0.4, 0.5) is 5.82 Å². The van der Waals surface area contributed by atoms with Crippen molar-refractivity contribution in [3.8, 4) is 0 Å². The van der Waals surface area contributed by atoms with Crippen molar-refractivity contribution in [2.24, 2.45) is 0 Å². The second-order valence-corrected chi connectivity index (χ2v) is 6.26. The number of rotatable bonds is 3. The van der Waals surface area contributed by atoms with E-state index < -0.39 is 7.37 Å². The van der Waals surface area contributed by atoms with Gasteiger partial charge in [-0.25, -0.2) is 9.97 Å². The zero-order chi connectivity index (χ0) is 13.2. The average Bonchev–Trinajstić information content (AvgIpc) is 2.37. The lowest BCUT2D eigenvalue weighted by Gasteiger charge is -2.15. The minimum Gasteiger partial charge on any atom is -0.384 e. The van der Waals surface area contributed by atoms with Gasteiger partial charge in [0.2, 0.25) is 5.57 Å². The summed E-state index contributed by atoms with van der Waals surface area (Å²) in [5.74, 6) is 0.151. The molecule has 0 fully saturated rings. The fourth-order valence-corrected chi connectivity index (χ4v) is 3.39. The maximum absolute atomic E-state index is 12.8. The number of hydrogen-bond acceptors (Lipinski definition) is 5. The smallest absolute Gasteiger partial charge is 0.297 e. The van der Waals surface area contributed by atoms with Gasteiger partial charge in [0.1, 0.15) is 11.0 Å². The molecule has 2 aromatic rings. The van der Waals surface area contributed by atoms with E-state index in [1.54, 1.807) is 24.3 Å². The lowest BCUT2D eigenvalue weighted by Crippen LogP contribution is -2.23. The van der Waals surface area contributed by atoms with E-state index in [0.717, 1.165) is 0 Å². The molecular formula is C11H11ClN3O2P. The number of nitrogen functional groups attached to an aromatic ring is 1. The predicted molar refractivity (Wildman–Crippen MR) is 71.8 cm³/mol. The third-order valence-corrected chi connectivity index (χ3v) is 4.73. The third kappa shape index (κ3) is 2.38. The van der Waals surface area contributed by atoms with Crippen LogP contribution in [0.5, 0.6) is 0 Å². The Bertz CT molecular complexity index is 586. The molecule has 2 N–H and O–H groups in total. The van der Waals surface area contributed by atoms with Gasteiger partial charge in [0.15, 0.2) is 0 Å². The van der Waals surface area contributed by atoms with Gasteiger partial charge < -0.3 is 10.3 Å². The summed E-state index contributed by atoms with van der Waals surface area (Å²) in [6, 6.07) is 10.1. The minimum atomic E-state index is -3.35. The fourth-order valence-electron chi connectivity index (χ4n) is 1.48. The summed E-state index contributed by atoms with van der Waals surface area (Å²) in [6.45, 7) is 0. The molecule has 0 aliphatic rings. The van der Waals surface area contributed by atoms with E-state index in [2.05, 4.69) is 9.97 Å². The minimum absolute atomic E-state index is 0.00111. The molecule has 0 amide bonds. The Morgan fingerprint density at radius 3 is 2.50 bits per heavy atom. The van der Waals surface area contributed by atoms with Crippen molar-refractivity contribution < 1.29 is 9.09 Å². The van der Waals surface area contributed by atoms with Gasteiger partial charge in [-0.3, -0.25) is 4.57 Å². The Morgan fingerprint density at radius 2 is 1.94 bits per heavy atom. The number of aromatic nitrogens is 2. The largest absolute Gasteiger partial charge is 0.384 e. The molecule has 0 saturated heterocycles. The number of benzene rings is 1. The Labute approximate surface area is 109 Å². The molecule has 5 nitrogen and oxygen atoms in total. The Balaban J connectivity index is 2.61. The van der Waals surface area contributed by atoms with Crippen molar-refractivity contribution in [2.75, 3.05) is 12.8 Å². The molecule has 0 radical (unpaired) electrons. The maximum atomic E-state index is 12.8. The molecule has 18 heavy (non-hydrogen) atoms. The lowest BCUT2D eigenvalue weighted by atomic mass is 10.4. The van der Waals surface area contributed by atoms with Crippen molar-refractivity contribution in [1.82, 2.24) is 9.97 Å². The number of halogens is 1. The highest BCUT2D eigenvalue weighted by molar-refractivity contribution is 7.73. The van der Waals surface area contributed by atoms with E-state index in [4.69, 9.17) is 21.9 Å². The normalized spacial score (nSPS) is 14.1. The maximum Gasteiger partial charge on any atom is 0.297 e. The molecular weight excluding hydrogens is 273 g/mol. The van der Waals surface area contributed by atoms with Crippen LogP contribution in [0.1, 0.15) is 0 Å². The standard InChI is InChI=1S/C11H11ClN3O2P/c1-17-18(16,8-5-3-2-4-6-8)11-14-9(12)7-10(13)15-11/h2-7H,1H3,(H2,13,14,15). The molecule has 1 atom stereocenters. The van der Waals surface area contributed by atoms with Crippen LogP contribution in [-0.4, -0.2) is 17.1 Å². The molecule has 1 aromatic carbocycles. The van der Waals surface area contributed by atoms with E-state index in [1.807, 2.05) is 6.07 Å². The van der Waals surface area contributed by atoms with Crippen molar-refractivity contribution in [1.29, 1.82) is 0 Å². The Hall–Kier alpha value is -1.42. The molecule has 0 aliphatic carbocycles. The molecule has 2 rings (SSSR count). The van der Waals surface area contributed by atoms with Crippen LogP contribution < -0.4 is 16.6 Å². The van der Waals surface area contributed by atoms with Crippen molar-refractivity contribution in [3.05, 3.63) is 41.6 Å². The van der Waals surface area contributed by atoms with E-state index in [9.17, 15) is 4.57 Å².